The van der Waals surface area contributed by atoms with Gasteiger partial charge in [0.15, 0.2) is 5.89 Å². The second kappa shape index (κ2) is 16.4. The number of hydrogen-bond donors (Lipinski definition) is 0. The van der Waals surface area contributed by atoms with Crippen molar-refractivity contribution >= 4 is 11.1 Å². The number of rotatable bonds is 6. The Hall–Kier alpha value is -6.65. The third kappa shape index (κ3) is 7.51. The Morgan fingerprint density at radius 3 is 1.80 bits per heavy atom. The van der Waals surface area contributed by atoms with Crippen LogP contribution < -0.4 is 0 Å². The molecule has 0 N–H and O–H groups in total. The summed E-state index contributed by atoms with van der Waals surface area (Å²) in [5.41, 5.74) is 14.3. The van der Waals surface area contributed by atoms with Crippen molar-refractivity contribution in [1.82, 2.24) is 24.1 Å². The molecule has 0 aliphatic heterocycles. The van der Waals surface area contributed by atoms with E-state index >= 15 is 0 Å². The van der Waals surface area contributed by atoms with Crippen LogP contribution in [-0.2, 0) is 20.1 Å². The number of imidazole rings is 2. The van der Waals surface area contributed by atoms with E-state index in [1.54, 1.807) is 18.3 Å². The molecular formula is C48H36IrN6O-2. The quantitative estimate of drug-likeness (QED) is 0.155. The molecule has 8 heteroatoms. The van der Waals surface area contributed by atoms with Crippen molar-refractivity contribution in [3.05, 3.63) is 186 Å². The first-order valence-electron chi connectivity index (χ1n) is 18.0. The average molecular weight is 905 g/mol. The monoisotopic (exact) mass is 905 g/mol. The van der Waals surface area contributed by atoms with Crippen molar-refractivity contribution in [3.8, 4) is 62.5 Å². The van der Waals surface area contributed by atoms with Gasteiger partial charge in [-0.2, -0.15) is 5.26 Å². The van der Waals surface area contributed by atoms with E-state index in [1.807, 2.05) is 80.1 Å². The number of aryl methyl sites for hydroxylation is 4. The van der Waals surface area contributed by atoms with Gasteiger partial charge in [-0.25, -0.2) is 4.98 Å². The van der Waals surface area contributed by atoms with Gasteiger partial charge in [-0.05, 0) is 48.6 Å². The number of aromatic nitrogens is 5. The van der Waals surface area contributed by atoms with Crippen LogP contribution in [0.4, 0.5) is 0 Å². The Bertz CT molecular complexity index is 2750. The third-order valence-corrected chi connectivity index (χ3v) is 9.44. The molecule has 0 atom stereocenters. The van der Waals surface area contributed by atoms with Crippen LogP contribution in [0.1, 0.15) is 28.1 Å². The molecule has 0 aliphatic rings. The number of nitrogens with zero attached hydrogens (tertiary/aromatic N) is 6. The van der Waals surface area contributed by atoms with Crippen molar-refractivity contribution < 1.29 is 24.5 Å². The van der Waals surface area contributed by atoms with E-state index < -0.39 is 0 Å². The predicted molar refractivity (Wildman–Crippen MR) is 218 cm³/mol. The average Bonchev–Trinajstić information content (AvgIpc) is 3.98. The van der Waals surface area contributed by atoms with Gasteiger partial charge in [-0.1, -0.05) is 96.6 Å². The number of nitriles is 1. The van der Waals surface area contributed by atoms with Crippen LogP contribution in [-0.4, -0.2) is 24.1 Å². The van der Waals surface area contributed by atoms with Crippen LogP contribution in [0, 0.1) is 51.2 Å². The molecule has 0 saturated carbocycles. The molecule has 0 aliphatic carbocycles. The smallest absolute Gasteiger partial charge is 0.180 e. The molecule has 0 saturated heterocycles. The van der Waals surface area contributed by atoms with E-state index in [0.29, 0.717) is 11.5 Å². The maximum absolute atomic E-state index is 9.34. The van der Waals surface area contributed by atoms with Gasteiger partial charge in [0.25, 0.3) is 0 Å². The number of hydrogen-bond acceptors (Lipinski definition) is 5. The SMILES string of the molecule is Cc1cc(C)c(-n2ccnc2-c2[c-]cc3oc(C)nc3c2)c(C)c1.N#Cc1cc[c-]c(-c2nccn2-c2c(-c3ccccc3)cccc2-c2ccccc2)c1.[Ir]. The minimum absolute atomic E-state index is 0. The third-order valence-electron chi connectivity index (χ3n) is 9.44. The van der Waals surface area contributed by atoms with Gasteiger partial charge in [-0.15, -0.1) is 53.6 Å². The summed E-state index contributed by atoms with van der Waals surface area (Å²) in [6.07, 6.45) is 7.57. The topological polar surface area (TPSA) is 85.5 Å². The second-order valence-corrected chi connectivity index (χ2v) is 13.4. The summed E-state index contributed by atoms with van der Waals surface area (Å²) in [4.78, 5) is 13.6. The number of benzene rings is 6. The van der Waals surface area contributed by atoms with Gasteiger partial charge in [-0.3, -0.25) is 9.97 Å². The van der Waals surface area contributed by atoms with Crippen molar-refractivity contribution in [1.29, 1.82) is 5.26 Å². The van der Waals surface area contributed by atoms with Crippen LogP contribution >= 0.6 is 0 Å². The van der Waals surface area contributed by atoms with Crippen LogP contribution in [0.2, 0.25) is 0 Å². The van der Waals surface area contributed by atoms with Crippen molar-refractivity contribution in [2.75, 3.05) is 0 Å². The molecule has 0 unspecified atom stereocenters. The molecular weight excluding hydrogens is 869 g/mol. The van der Waals surface area contributed by atoms with Crippen molar-refractivity contribution in [2.45, 2.75) is 27.7 Å². The number of oxazole rings is 1. The van der Waals surface area contributed by atoms with Gasteiger partial charge in [0.2, 0.25) is 0 Å². The molecule has 1 radical (unpaired) electrons. The van der Waals surface area contributed by atoms with Gasteiger partial charge >= 0.3 is 0 Å². The molecule has 0 fully saturated rings. The van der Waals surface area contributed by atoms with Crippen molar-refractivity contribution in [2.24, 2.45) is 0 Å². The van der Waals surface area contributed by atoms with Gasteiger partial charge in [0.05, 0.1) is 29.0 Å². The fraction of sp³-hybridized carbons (Fsp3) is 0.0833. The summed E-state index contributed by atoms with van der Waals surface area (Å²) >= 11 is 0. The minimum atomic E-state index is 0. The van der Waals surface area contributed by atoms with E-state index in [-0.39, 0.29) is 20.1 Å². The molecule has 0 bridgehead atoms. The molecule has 7 nitrogen and oxygen atoms in total. The van der Waals surface area contributed by atoms with E-state index in [9.17, 15) is 5.26 Å². The minimum Gasteiger partial charge on any atom is -0.488 e. The fourth-order valence-corrected chi connectivity index (χ4v) is 7.20. The summed E-state index contributed by atoms with van der Waals surface area (Å²) in [7, 11) is 0. The predicted octanol–water partition coefficient (Wildman–Crippen LogP) is 11.3. The molecule has 6 aromatic carbocycles. The van der Waals surface area contributed by atoms with Crippen LogP contribution in [0.15, 0.2) is 151 Å². The van der Waals surface area contributed by atoms with E-state index in [0.717, 1.165) is 67.5 Å². The first-order chi connectivity index (χ1) is 26.9. The Kier molecular flexibility index (Phi) is 11.0. The first kappa shape index (κ1) is 37.7. The molecule has 275 valence electrons. The number of para-hydroxylation sites is 1. The Balaban J connectivity index is 0.000000174. The molecule has 56 heavy (non-hydrogen) atoms. The van der Waals surface area contributed by atoms with Gasteiger partial charge < -0.3 is 13.6 Å². The maximum atomic E-state index is 9.34. The van der Waals surface area contributed by atoms with E-state index in [4.69, 9.17) is 4.42 Å². The summed E-state index contributed by atoms with van der Waals surface area (Å²) in [6, 6.07) is 49.3. The zero-order chi connectivity index (χ0) is 37.9. The Morgan fingerprint density at radius 1 is 0.643 bits per heavy atom. The van der Waals surface area contributed by atoms with Crippen molar-refractivity contribution in [3.63, 3.8) is 0 Å². The maximum Gasteiger partial charge on any atom is 0.180 e. The van der Waals surface area contributed by atoms with Gasteiger partial charge in [0, 0.05) is 74.1 Å². The van der Waals surface area contributed by atoms with Crippen LogP contribution in [0.3, 0.4) is 0 Å². The summed E-state index contributed by atoms with van der Waals surface area (Å²) in [5, 5.41) is 9.34. The standard InChI is InChI=1S/C28H18N3.C20H18N3O.Ir/c29-20-21-9-7-14-24(19-21)28-30-17-18-31(28)27-25(22-10-3-1-4-11-22)15-8-16-26(27)23-12-5-2-6-13-23;1-12-9-13(2)19(14(3)10-12)23-8-7-21-20(23)16-5-6-18-17(11-16)22-15(4)24-18;/h1-13,15-19H;6-11H,1-4H3;/q2*-1;. The summed E-state index contributed by atoms with van der Waals surface area (Å²) in [6.45, 7) is 8.23. The molecule has 3 heterocycles. The Morgan fingerprint density at radius 2 is 1.21 bits per heavy atom. The largest absolute Gasteiger partial charge is 0.488 e. The summed E-state index contributed by atoms with van der Waals surface area (Å²) < 4.78 is 9.75. The van der Waals surface area contributed by atoms with E-state index in [1.165, 1.54) is 16.7 Å². The molecule has 3 aromatic heterocycles. The molecule has 9 rings (SSSR count). The second-order valence-electron chi connectivity index (χ2n) is 13.4. The molecule has 0 amide bonds. The molecule has 0 spiro atoms. The molecule has 9 aromatic rings. The van der Waals surface area contributed by atoms with E-state index in [2.05, 4.69) is 118 Å². The number of fused-ring (bicyclic) bond motifs is 1. The first-order valence-corrected chi connectivity index (χ1v) is 18.0. The zero-order valence-corrected chi connectivity index (χ0v) is 33.7. The normalized spacial score (nSPS) is 10.7. The zero-order valence-electron chi connectivity index (χ0n) is 31.3. The Labute approximate surface area is 340 Å². The fourth-order valence-electron chi connectivity index (χ4n) is 7.20. The summed E-state index contributed by atoms with van der Waals surface area (Å²) in [5.74, 6) is 2.26. The van der Waals surface area contributed by atoms with Crippen LogP contribution in [0.25, 0.3) is 67.5 Å². The van der Waals surface area contributed by atoms with Crippen LogP contribution in [0.5, 0.6) is 0 Å². The van der Waals surface area contributed by atoms with Gasteiger partial charge in [0.1, 0.15) is 0 Å².